The minimum atomic E-state index is 0.901. The van der Waals surface area contributed by atoms with Gasteiger partial charge in [0.1, 0.15) is 0 Å². The summed E-state index contributed by atoms with van der Waals surface area (Å²) in [6, 6.07) is 0. The molecular weight excluding hydrogens is 120 g/mol. The molecule has 0 nitrogen and oxygen atoms in total. The van der Waals surface area contributed by atoms with Crippen LogP contribution in [0.5, 0.6) is 0 Å². The summed E-state index contributed by atoms with van der Waals surface area (Å²) in [6.07, 6.45) is 9.22. The lowest BCUT2D eigenvalue weighted by atomic mass is 10.0. The summed E-state index contributed by atoms with van der Waals surface area (Å²) >= 11 is 0. The number of rotatable bonds is 5. The van der Waals surface area contributed by atoms with E-state index in [-0.39, 0.29) is 0 Å². The summed E-state index contributed by atoms with van der Waals surface area (Å²) in [5, 5.41) is 0. The lowest BCUT2D eigenvalue weighted by molar-refractivity contribution is 0.498. The van der Waals surface area contributed by atoms with Gasteiger partial charge in [-0.2, -0.15) is 0 Å². The fourth-order valence-electron chi connectivity index (χ4n) is 0.906. The Kier molecular flexibility index (Phi) is 6.68. The topological polar surface area (TPSA) is 0 Å². The maximum absolute atomic E-state index is 3.64. The van der Waals surface area contributed by atoms with Crippen LogP contribution in [0.3, 0.4) is 0 Å². The third kappa shape index (κ3) is 5.87. The van der Waals surface area contributed by atoms with Crippen molar-refractivity contribution in [1.82, 2.24) is 0 Å². The van der Waals surface area contributed by atoms with Gasteiger partial charge < -0.3 is 0 Å². The molecule has 59 valence electrons. The molecule has 0 heteroatoms. The molecule has 0 aliphatic carbocycles. The normalized spacial score (nSPS) is 14.3. The van der Waals surface area contributed by atoms with Crippen LogP contribution in [-0.2, 0) is 0 Å². The summed E-state index contributed by atoms with van der Waals surface area (Å²) in [6.45, 7) is 8.21. The zero-order chi connectivity index (χ0) is 7.82. The fraction of sp³-hybridized carbons (Fsp3) is 0.700. The molecule has 0 aromatic heterocycles. The van der Waals surface area contributed by atoms with Gasteiger partial charge in [-0.3, -0.25) is 0 Å². The summed E-state index contributed by atoms with van der Waals surface area (Å²) in [7, 11) is 0. The van der Waals surface area contributed by atoms with Gasteiger partial charge in [-0.1, -0.05) is 38.8 Å². The van der Waals surface area contributed by atoms with Crippen LogP contribution in [-0.4, -0.2) is 0 Å². The molecule has 0 rings (SSSR count). The first-order chi connectivity index (χ1) is 4.81. The first-order valence-electron chi connectivity index (χ1n) is 4.25. The van der Waals surface area contributed by atoms with Gasteiger partial charge in [-0.05, 0) is 25.7 Å². The monoisotopic (exact) mass is 139 g/mol. The van der Waals surface area contributed by atoms with Crippen molar-refractivity contribution in [3.05, 3.63) is 19.1 Å². The molecule has 10 heavy (non-hydrogen) atoms. The van der Waals surface area contributed by atoms with Crippen molar-refractivity contribution in [3.63, 3.8) is 0 Å². The second kappa shape index (κ2) is 6.85. The van der Waals surface area contributed by atoms with E-state index in [0.717, 1.165) is 5.92 Å². The van der Waals surface area contributed by atoms with E-state index in [4.69, 9.17) is 0 Å². The highest BCUT2D eigenvalue weighted by Gasteiger charge is 1.95. The fourth-order valence-corrected chi connectivity index (χ4v) is 0.906. The molecule has 0 fully saturated rings. The molecule has 0 aromatic rings. The van der Waals surface area contributed by atoms with Crippen LogP contribution in [0, 0.1) is 12.8 Å². The molecule has 0 aromatic carbocycles. The minimum Gasteiger partial charge on any atom is -0.0885 e. The smallest absolute Gasteiger partial charge is 0.0316 e. The van der Waals surface area contributed by atoms with Crippen molar-refractivity contribution in [3.8, 4) is 0 Å². The van der Waals surface area contributed by atoms with Crippen molar-refractivity contribution >= 4 is 0 Å². The SMILES string of the molecule is [CH2]C=CCCCC(C)CC. The van der Waals surface area contributed by atoms with Crippen LogP contribution in [0.15, 0.2) is 12.2 Å². The Labute approximate surface area is 65.3 Å². The molecule has 1 unspecified atom stereocenters. The Morgan fingerprint density at radius 1 is 1.50 bits per heavy atom. The van der Waals surface area contributed by atoms with Gasteiger partial charge in [-0.25, -0.2) is 0 Å². The van der Waals surface area contributed by atoms with Gasteiger partial charge in [0.05, 0.1) is 0 Å². The van der Waals surface area contributed by atoms with Crippen LogP contribution in [0.1, 0.15) is 39.5 Å². The highest BCUT2D eigenvalue weighted by molar-refractivity contribution is 4.83. The molecule has 0 aliphatic rings. The van der Waals surface area contributed by atoms with Gasteiger partial charge >= 0.3 is 0 Å². The highest BCUT2D eigenvalue weighted by atomic mass is 14.0. The number of allylic oxidation sites excluding steroid dienone is 2. The van der Waals surface area contributed by atoms with Gasteiger partial charge in [0.2, 0.25) is 0 Å². The predicted octanol–water partition coefficient (Wildman–Crippen LogP) is 3.59. The minimum absolute atomic E-state index is 0.901. The van der Waals surface area contributed by atoms with E-state index < -0.39 is 0 Å². The van der Waals surface area contributed by atoms with E-state index in [1.54, 1.807) is 0 Å². The van der Waals surface area contributed by atoms with Crippen molar-refractivity contribution in [1.29, 1.82) is 0 Å². The summed E-state index contributed by atoms with van der Waals surface area (Å²) < 4.78 is 0. The van der Waals surface area contributed by atoms with E-state index in [1.165, 1.54) is 25.7 Å². The molecule has 0 saturated heterocycles. The second-order valence-electron chi connectivity index (χ2n) is 2.92. The molecule has 1 radical (unpaired) electrons. The molecule has 0 N–H and O–H groups in total. The molecule has 1 atom stereocenters. The van der Waals surface area contributed by atoms with Gasteiger partial charge in [-0.15, -0.1) is 0 Å². The van der Waals surface area contributed by atoms with Gasteiger partial charge in [0.25, 0.3) is 0 Å². The first-order valence-corrected chi connectivity index (χ1v) is 4.25. The van der Waals surface area contributed by atoms with Crippen molar-refractivity contribution in [2.45, 2.75) is 39.5 Å². The van der Waals surface area contributed by atoms with E-state index >= 15 is 0 Å². The zero-order valence-electron chi connectivity index (χ0n) is 7.27. The molecule has 0 saturated carbocycles. The van der Waals surface area contributed by atoms with E-state index in [9.17, 15) is 0 Å². The Morgan fingerprint density at radius 3 is 2.70 bits per heavy atom. The molecular formula is C10H19. The van der Waals surface area contributed by atoms with Crippen LogP contribution >= 0.6 is 0 Å². The van der Waals surface area contributed by atoms with Gasteiger partial charge in [0, 0.05) is 0 Å². The van der Waals surface area contributed by atoms with Crippen LogP contribution < -0.4 is 0 Å². The summed E-state index contributed by atoms with van der Waals surface area (Å²) in [5.74, 6) is 0.901. The van der Waals surface area contributed by atoms with Crippen molar-refractivity contribution in [2.24, 2.45) is 5.92 Å². The third-order valence-electron chi connectivity index (χ3n) is 1.93. The molecule has 0 aliphatic heterocycles. The molecule has 0 bridgehead atoms. The van der Waals surface area contributed by atoms with Crippen molar-refractivity contribution in [2.75, 3.05) is 0 Å². The number of hydrogen-bond donors (Lipinski definition) is 0. The van der Waals surface area contributed by atoms with Crippen LogP contribution in [0.25, 0.3) is 0 Å². The Bertz CT molecular complexity index is 82.0. The first kappa shape index (κ1) is 9.74. The van der Waals surface area contributed by atoms with Crippen LogP contribution in [0.2, 0.25) is 0 Å². The lowest BCUT2D eigenvalue weighted by Gasteiger charge is -2.04. The Balaban J connectivity index is 3.03. The molecule has 0 spiro atoms. The zero-order valence-corrected chi connectivity index (χ0v) is 7.27. The predicted molar refractivity (Wildman–Crippen MR) is 47.8 cm³/mol. The molecule has 0 amide bonds. The van der Waals surface area contributed by atoms with Crippen molar-refractivity contribution < 1.29 is 0 Å². The van der Waals surface area contributed by atoms with E-state index in [0.29, 0.717) is 0 Å². The number of unbranched alkanes of at least 4 members (excludes halogenated alkanes) is 1. The second-order valence-corrected chi connectivity index (χ2v) is 2.92. The van der Waals surface area contributed by atoms with Gasteiger partial charge in [0.15, 0.2) is 0 Å². The Morgan fingerprint density at radius 2 is 2.20 bits per heavy atom. The van der Waals surface area contributed by atoms with E-state index in [2.05, 4.69) is 26.8 Å². The Hall–Kier alpha value is -0.260. The van der Waals surface area contributed by atoms with E-state index in [1.807, 2.05) is 6.08 Å². The standard InChI is InChI=1S/C10H19/c1-4-6-7-8-9-10(3)5-2/h4,6,10H,1,5,7-9H2,2-3H3. The number of hydrogen-bond acceptors (Lipinski definition) is 0. The lowest BCUT2D eigenvalue weighted by Crippen LogP contribution is -1.90. The average molecular weight is 139 g/mol. The largest absolute Gasteiger partial charge is 0.0885 e. The summed E-state index contributed by atoms with van der Waals surface area (Å²) in [5.41, 5.74) is 0. The molecule has 0 heterocycles. The highest BCUT2D eigenvalue weighted by Crippen LogP contribution is 2.10. The van der Waals surface area contributed by atoms with Crippen LogP contribution in [0.4, 0.5) is 0 Å². The maximum atomic E-state index is 3.64. The average Bonchev–Trinajstić information content (AvgIpc) is 1.98. The maximum Gasteiger partial charge on any atom is -0.0316 e. The summed E-state index contributed by atoms with van der Waals surface area (Å²) in [4.78, 5) is 0. The quantitative estimate of drug-likeness (QED) is 0.510. The third-order valence-corrected chi connectivity index (χ3v) is 1.93.